The van der Waals surface area contributed by atoms with E-state index < -0.39 is 5.97 Å². The summed E-state index contributed by atoms with van der Waals surface area (Å²) in [6, 6.07) is 0.532. The molecule has 21 heavy (non-hydrogen) atoms. The second-order valence-corrected chi connectivity index (χ2v) is 7.11. The molecule has 2 saturated carbocycles. The molecule has 0 aromatic rings. The largest absolute Gasteiger partial charge is 0.480 e. The zero-order chi connectivity index (χ0) is 14.8. The average molecular weight is 294 g/mol. The summed E-state index contributed by atoms with van der Waals surface area (Å²) >= 11 is 0. The second kappa shape index (κ2) is 6.34. The van der Waals surface area contributed by atoms with Crippen LogP contribution in [0.2, 0.25) is 0 Å². The van der Waals surface area contributed by atoms with Crippen LogP contribution in [0.1, 0.15) is 44.9 Å². The van der Waals surface area contributed by atoms with E-state index in [4.69, 9.17) is 5.11 Å². The van der Waals surface area contributed by atoms with Crippen LogP contribution in [0.15, 0.2) is 0 Å². The number of rotatable bonds is 6. The summed E-state index contributed by atoms with van der Waals surface area (Å²) in [5, 5.41) is 11.1. The van der Waals surface area contributed by atoms with Crippen LogP contribution in [-0.2, 0) is 9.59 Å². The molecule has 1 amide bonds. The van der Waals surface area contributed by atoms with Gasteiger partial charge in [0, 0.05) is 6.04 Å². The van der Waals surface area contributed by atoms with Crippen LogP contribution >= 0.6 is 0 Å². The molecular weight excluding hydrogens is 268 g/mol. The van der Waals surface area contributed by atoms with Crippen molar-refractivity contribution in [2.75, 3.05) is 19.6 Å². The molecule has 2 aliphatic carbocycles. The Morgan fingerprint density at radius 3 is 2.71 bits per heavy atom. The van der Waals surface area contributed by atoms with Gasteiger partial charge in [0.1, 0.15) is 6.54 Å². The van der Waals surface area contributed by atoms with E-state index in [1.165, 1.54) is 38.5 Å². The Morgan fingerprint density at radius 2 is 2.05 bits per heavy atom. The van der Waals surface area contributed by atoms with Gasteiger partial charge in [-0.05, 0) is 62.8 Å². The number of carbonyl (C=O) groups excluding carboxylic acids is 1. The molecule has 3 rings (SSSR count). The Bertz CT molecular complexity index is 412. The van der Waals surface area contributed by atoms with Crippen molar-refractivity contribution in [2.45, 2.75) is 51.0 Å². The number of carboxylic acids is 1. The molecular formula is C16H26N2O3. The van der Waals surface area contributed by atoms with Crippen LogP contribution in [0.4, 0.5) is 0 Å². The number of carbonyl (C=O) groups is 2. The third-order valence-electron chi connectivity index (χ3n) is 5.74. The number of likely N-dealkylation sites (tertiary alicyclic amines) is 1. The van der Waals surface area contributed by atoms with E-state index in [2.05, 4.69) is 10.2 Å². The van der Waals surface area contributed by atoms with Crippen molar-refractivity contribution in [1.29, 1.82) is 0 Å². The number of carboxylic acid groups (broad SMARTS) is 1. The quantitative estimate of drug-likeness (QED) is 0.778. The lowest BCUT2D eigenvalue weighted by Crippen LogP contribution is -2.42. The first-order chi connectivity index (χ1) is 10.1. The van der Waals surface area contributed by atoms with E-state index in [9.17, 15) is 9.59 Å². The predicted octanol–water partition coefficient (Wildman–Crippen LogP) is 1.48. The highest BCUT2D eigenvalue weighted by molar-refractivity contribution is 5.82. The van der Waals surface area contributed by atoms with Crippen LogP contribution in [0.5, 0.6) is 0 Å². The molecule has 1 aliphatic heterocycles. The minimum absolute atomic E-state index is 0.155. The van der Waals surface area contributed by atoms with Gasteiger partial charge in [-0.1, -0.05) is 6.42 Å². The Kier molecular flexibility index (Phi) is 4.48. The van der Waals surface area contributed by atoms with Gasteiger partial charge in [-0.2, -0.15) is 0 Å². The van der Waals surface area contributed by atoms with Crippen LogP contribution < -0.4 is 5.32 Å². The first-order valence-corrected chi connectivity index (χ1v) is 8.34. The maximum absolute atomic E-state index is 11.8. The lowest BCUT2D eigenvalue weighted by Gasteiger charge is -2.29. The van der Waals surface area contributed by atoms with Gasteiger partial charge in [-0.15, -0.1) is 0 Å². The van der Waals surface area contributed by atoms with E-state index in [0.717, 1.165) is 30.7 Å². The fraction of sp³-hybridized carbons (Fsp3) is 0.875. The van der Waals surface area contributed by atoms with Gasteiger partial charge in [-0.25, -0.2) is 0 Å². The molecule has 1 saturated heterocycles. The maximum atomic E-state index is 11.8. The number of hydrogen-bond donors (Lipinski definition) is 2. The van der Waals surface area contributed by atoms with Crippen molar-refractivity contribution in [3.63, 3.8) is 0 Å². The van der Waals surface area contributed by atoms with Gasteiger partial charge in [0.05, 0.1) is 6.54 Å². The Hall–Kier alpha value is -1.10. The average Bonchev–Trinajstić information content (AvgIpc) is 3.14. The molecule has 1 heterocycles. The van der Waals surface area contributed by atoms with Gasteiger partial charge in [0.15, 0.2) is 0 Å². The summed E-state index contributed by atoms with van der Waals surface area (Å²) in [6.07, 6.45) is 9.30. The minimum atomic E-state index is -0.983. The summed E-state index contributed by atoms with van der Waals surface area (Å²) in [4.78, 5) is 24.5. The topological polar surface area (TPSA) is 69.6 Å². The molecule has 3 fully saturated rings. The molecule has 2 bridgehead atoms. The summed E-state index contributed by atoms with van der Waals surface area (Å²) < 4.78 is 0. The molecule has 3 aliphatic rings. The number of nitrogens with zero attached hydrogens (tertiary/aromatic N) is 1. The van der Waals surface area contributed by atoms with E-state index >= 15 is 0 Å². The molecule has 5 nitrogen and oxygen atoms in total. The Balaban J connectivity index is 1.46. The van der Waals surface area contributed by atoms with Crippen molar-refractivity contribution < 1.29 is 14.7 Å². The zero-order valence-electron chi connectivity index (χ0n) is 12.6. The summed E-state index contributed by atoms with van der Waals surface area (Å²) in [5.41, 5.74) is 0. The predicted molar refractivity (Wildman–Crippen MR) is 78.8 cm³/mol. The van der Waals surface area contributed by atoms with Crippen LogP contribution in [0.3, 0.4) is 0 Å². The maximum Gasteiger partial charge on any atom is 0.322 e. The second-order valence-electron chi connectivity index (χ2n) is 7.11. The van der Waals surface area contributed by atoms with E-state index in [1.807, 2.05) is 0 Å². The number of amides is 1. The summed E-state index contributed by atoms with van der Waals surface area (Å²) in [5.74, 6) is 1.66. The number of fused-ring (bicyclic) bond motifs is 2. The fourth-order valence-corrected chi connectivity index (χ4v) is 4.80. The summed E-state index contributed by atoms with van der Waals surface area (Å²) in [6.45, 7) is 1.06. The van der Waals surface area contributed by atoms with Crippen molar-refractivity contribution in [3.05, 3.63) is 0 Å². The molecule has 4 unspecified atom stereocenters. The van der Waals surface area contributed by atoms with Crippen molar-refractivity contribution >= 4 is 11.9 Å². The Morgan fingerprint density at radius 1 is 1.19 bits per heavy atom. The normalized spacial score (nSPS) is 35.2. The molecule has 0 radical (unpaired) electrons. The number of aliphatic carboxylic acids is 1. The monoisotopic (exact) mass is 294 g/mol. The van der Waals surface area contributed by atoms with Crippen molar-refractivity contribution in [2.24, 2.45) is 17.8 Å². The van der Waals surface area contributed by atoms with E-state index in [1.54, 1.807) is 0 Å². The van der Waals surface area contributed by atoms with Crippen molar-refractivity contribution in [3.8, 4) is 0 Å². The molecule has 0 aromatic heterocycles. The van der Waals surface area contributed by atoms with Crippen molar-refractivity contribution in [1.82, 2.24) is 10.2 Å². The first kappa shape index (κ1) is 14.8. The standard InChI is InChI=1S/C16H26N2O3/c19-15(17-9-16(20)21)10-18-5-1-2-14(18)8-13-7-11-3-4-12(13)6-11/h11-14H,1-10H2,(H,17,19)(H,20,21). The van der Waals surface area contributed by atoms with Gasteiger partial charge >= 0.3 is 5.97 Å². The number of hydrogen-bond acceptors (Lipinski definition) is 3. The molecule has 4 atom stereocenters. The molecule has 0 aromatic carbocycles. The van der Waals surface area contributed by atoms with E-state index in [-0.39, 0.29) is 12.5 Å². The fourth-order valence-electron chi connectivity index (χ4n) is 4.80. The number of nitrogens with one attached hydrogen (secondary N) is 1. The zero-order valence-corrected chi connectivity index (χ0v) is 12.6. The van der Waals surface area contributed by atoms with Gasteiger partial charge < -0.3 is 10.4 Å². The van der Waals surface area contributed by atoms with E-state index in [0.29, 0.717) is 12.6 Å². The highest BCUT2D eigenvalue weighted by Gasteiger charge is 2.41. The smallest absolute Gasteiger partial charge is 0.322 e. The SMILES string of the molecule is O=C(O)CNC(=O)CN1CCCC1CC1CC2CCC1C2. The molecule has 2 N–H and O–H groups in total. The van der Waals surface area contributed by atoms with Gasteiger partial charge in [-0.3, -0.25) is 14.5 Å². The molecule has 0 spiro atoms. The minimum Gasteiger partial charge on any atom is -0.480 e. The van der Waals surface area contributed by atoms with Crippen LogP contribution in [-0.4, -0.2) is 47.6 Å². The lowest BCUT2D eigenvalue weighted by atomic mass is 9.84. The van der Waals surface area contributed by atoms with Crippen LogP contribution in [0.25, 0.3) is 0 Å². The molecule has 118 valence electrons. The third kappa shape index (κ3) is 3.57. The Labute approximate surface area is 126 Å². The van der Waals surface area contributed by atoms with Gasteiger partial charge in [0.25, 0.3) is 0 Å². The summed E-state index contributed by atoms with van der Waals surface area (Å²) in [7, 11) is 0. The van der Waals surface area contributed by atoms with Gasteiger partial charge in [0.2, 0.25) is 5.91 Å². The third-order valence-corrected chi connectivity index (χ3v) is 5.74. The molecule has 5 heteroatoms. The first-order valence-electron chi connectivity index (χ1n) is 8.34. The highest BCUT2D eigenvalue weighted by Crippen LogP contribution is 2.50. The van der Waals surface area contributed by atoms with Crippen LogP contribution in [0, 0.1) is 17.8 Å². The highest BCUT2D eigenvalue weighted by atomic mass is 16.4. The lowest BCUT2D eigenvalue weighted by molar-refractivity contribution is -0.138.